The lowest BCUT2D eigenvalue weighted by Crippen LogP contribution is -2.40. The fourth-order valence-corrected chi connectivity index (χ4v) is 3.85. The van der Waals surface area contributed by atoms with Crippen LogP contribution in [-0.4, -0.2) is 26.5 Å². The second-order valence-corrected chi connectivity index (χ2v) is 8.26. The van der Waals surface area contributed by atoms with Gasteiger partial charge < -0.3 is 4.74 Å². The molecule has 0 radical (unpaired) electrons. The van der Waals surface area contributed by atoms with Crippen molar-refractivity contribution in [3.05, 3.63) is 28.2 Å². The molecule has 1 aromatic carbocycles. The molecule has 0 fully saturated rings. The van der Waals surface area contributed by atoms with Crippen LogP contribution in [-0.2, 0) is 26.0 Å². The van der Waals surface area contributed by atoms with E-state index in [1.807, 2.05) is 0 Å². The zero-order valence-corrected chi connectivity index (χ0v) is 15.0. The van der Waals surface area contributed by atoms with Crippen LogP contribution in [0.15, 0.2) is 27.6 Å². The smallest absolute Gasteiger partial charge is 0.302 e. The molecule has 1 rings (SSSR count). The zero-order valence-electron chi connectivity index (χ0n) is 12.6. The Morgan fingerprint density at radius 2 is 1.95 bits per heavy atom. The Balaban J connectivity index is 3.09. The van der Waals surface area contributed by atoms with Crippen molar-refractivity contribution < 1.29 is 17.9 Å². The van der Waals surface area contributed by atoms with Crippen LogP contribution in [0, 0.1) is 0 Å². The summed E-state index contributed by atoms with van der Waals surface area (Å²) in [6.45, 7) is 6.80. The van der Waals surface area contributed by atoms with Gasteiger partial charge in [0.15, 0.2) is 0 Å². The van der Waals surface area contributed by atoms with Crippen LogP contribution in [0.5, 0.6) is 0 Å². The Bertz CT molecular complexity index is 620. The molecule has 0 aliphatic heterocycles. The number of benzene rings is 1. The maximum Gasteiger partial charge on any atom is 0.302 e. The van der Waals surface area contributed by atoms with Crippen molar-refractivity contribution in [2.45, 2.75) is 44.6 Å². The van der Waals surface area contributed by atoms with Crippen molar-refractivity contribution in [2.24, 2.45) is 0 Å². The van der Waals surface area contributed by atoms with Crippen LogP contribution in [0.2, 0.25) is 0 Å². The summed E-state index contributed by atoms with van der Waals surface area (Å²) in [5, 5.41) is 0. The lowest BCUT2D eigenvalue weighted by molar-refractivity contribution is -0.140. The van der Waals surface area contributed by atoms with Crippen molar-refractivity contribution in [3.63, 3.8) is 0 Å². The van der Waals surface area contributed by atoms with Gasteiger partial charge in [0.25, 0.3) is 0 Å². The number of halogens is 1. The Kier molecular flexibility index (Phi) is 5.95. The molecule has 21 heavy (non-hydrogen) atoms. The summed E-state index contributed by atoms with van der Waals surface area (Å²) in [6.07, 6.45) is 0.333. The monoisotopic (exact) mass is 377 g/mol. The molecule has 0 atom stereocenters. The van der Waals surface area contributed by atoms with Gasteiger partial charge in [-0.2, -0.15) is 0 Å². The predicted molar refractivity (Wildman–Crippen MR) is 84.6 cm³/mol. The predicted octanol–water partition coefficient (Wildman–Crippen LogP) is 2.63. The van der Waals surface area contributed by atoms with E-state index in [4.69, 9.17) is 4.74 Å². The first-order chi connectivity index (χ1) is 9.51. The number of nitrogens with one attached hydrogen (secondary N) is 1. The van der Waals surface area contributed by atoms with Crippen molar-refractivity contribution >= 4 is 31.9 Å². The van der Waals surface area contributed by atoms with E-state index in [0.29, 0.717) is 12.0 Å². The first-order valence-corrected chi connectivity index (χ1v) is 8.75. The minimum absolute atomic E-state index is 0.143. The highest BCUT2D eigenvalue weighted by Gasteiger charge is 2.24. The maximum absolute atomic E-state index is 12.4. The topological polar surface area (TPSA) is 72.5 Å². The number of hydrogen-bond acceptors (Lipinski definition) is 4. The van der Waals surface area contributed by atoms with Crippen LogP contribution in [0.25, 0.3) is 0 Å². The van der Waals surface area contributed by atoms with Crippen LogP contribution in [0.4, 0.5) is 0 Å². The van der Waals surface area contributed by atoms with Crippen LogP contribution in [0.3, 0.4) is 0 Å². The van der Waals surface area contributed by atoms with Crippen molar-refractivity contribution in [1.82, 2.24) is 4.72 Å². The number of rotatable bonds is 5. The lowest BCUT2D eigenvalue weighted by Gasteiger charge is -2.21. The van der Waals surface area contributed by atoms with E-state index in [-0.39, 0.29) is 17.5 Å². The molecule has 118 valence electrons. The molecule has 0 aliphatic rings. The summed E-state index contributed by atoms with van der Waals surface area (Å²) >= 11 is 3.32. The molecular formula is C14H20BrNO4S. The number of carbonyl (C=O) groups is 1. The Morgan fingerprint density at radius 3 is 2.48 bits per heavy atom. The number of esters is 1. The number of hydrogen-bond donors (Lipinski definition) is 1. The van der Waals surface area contributed by atoms with Gasteiger partial charge in [-0.3, -0.25) is 4.79 Å². The molecule has 1 aromatic rings. The highest BCUT2D eigenvalue weighted by atomic mass is 79.9. The van der Waals surface area contributed by atoms with Gasteiger partial charge in [-0.1, -0.05) is 15.9 Å². The number of sulfonamides is 1. The third-order valence-electron chi connectivity index (χ3n) is 2.43. The Hall–Kier alpha value is -0.920. The van der Waals surface area contributed by atoms with Gasteiger partial charge in [-0.25, -0.2) is 13.1 Å². The standard InChI is InChI=1S/C14H20BrNO4S/c1-10(17)20-8-7-11-9-12(15)5-6-13(11)21(18,19)16-14(2,3)4/h5-6,9,16H,7-8H2,1-4H3. The van der Waals surface area contributed by atoms with Crippen LogP contribution < -0.4 is 4.72 Å². The average Bonchev–Trinajstić information content (AvgIpc) is 2.24. The van der Waals surface area contributed by atoms with E-state index < -0.39 is 15.6 Å². The summed E-state index contributed by atoms with van der Waals surface area (Å²) in [4.78, 5) is 11.0. The van der Waals surface area contributed by atoms with Gasteiger partial charge in [-0.15, -0.1) is 0 Å². The number of ether oxygens (including phenoxy) is 1. The van der Waals surface area contributed by atoms with E-state index in [1.54, 1.807) is 39.0 Å². The van der Waals surface area contributed by atoms with Gasteiger partial charge in [-0.05, 0) is 44.5 Å². The minimum atomic E-state index is -3.63. The molecular weight excluding hydrogens is 358 g/mol. The van der Waals surface area contributed by atoms with Crippen molar-refractivity contribution in [3.8, 4) is 0 Å². The van der Waals surface area contributed by atoms with Crippen molar-refractivity contribution in [2.75, 3.05) is 6.61 Å². The quantitative estimate of drug-likeness (QED) is 0.800. The SMILES string of the molecule is CC(=O)OCCc1cc(Br)ccc1S(=O)(=O)NC(C)(C)C. The van der Waals surface area contributed by atoms with E-state index in [1.165, 1.54) is 6.92 Å². The first kappa shape index (κ1) is 18.1. The Labute approximate surface area is 134 Å². The number of carbonyl (C=O) groups excluding carboxylic acids is 1. The van der Waals surface area contributed by atoms with E-state index in [0.717, 1.165) is 4.47 Å². The normalized spacial score (nSPS) is 12.2. The van der Waals surface area contributed by atoms with Crippen LogP contribution >= 0.6 is 15.9 Å². The molecule has 0 aliphatic carbocycles. The average molecular weight is 378 g/mol. The molecule has 0 aromatic heterocycles. The second-order valence-electron chi connectivity index (χ2n) is 5.70. The molecule has 0 amide bonds. The highest BCUT2D eigenvalue weighted by Crippen LogP contribution is 2.22. The maximum atomic E-state index is 12.4. The zero-order chi connectivity index (χ0) is 16.3. The molecule has 1 N–H and O–H groups in total. The molecule has 0 unspecified atom stereocenters. The van der Waals surface area contributed by atoms with Gasteiger partial charge >= 0.3 is 5.97 Å². The third-order valence-corrected chi connectivity index (χ3v) is 4.78. The van der Waals surface area contributed by atoms with Crippen LogP contribution in [0.1, 0.15) is 33.3 Å². The summed E-state index contributed by atoms with van der Waals surface area (Å²) in [6, 6.07) is 4.94. The largest absolute Gasteiger partial charge is 0.466 e. The fraction of sp³-hybridized carbons (Fsp3) is 0.500. The lowest BCUT2D eigenvalue weighted by atomic mass is 10.1. The Morgan fingerprint density at radius 1 is 1.33 bits per heavy atom. The molecule has 0 bridgehead atoms. The third kappa shape index (κ3) is 6.15. The van der Waals surface area contributed by atoms with E-state index in [9.17, 15) is 13.2 Å². The molecule has 0 saturated heterocycles. The fourth-order valence-electron chi connectivity index (χ4n) is 1.77. The van der Waals surface area contributed by atoms with Gasteiger partial charge in [0, 0.05) is 23.4 Å². The molecule has 7 heteroatoms. The van der Waals surface area contributed by atoms with Gasteiger partial charge in [0.1, 0.15) is 0 Å². The van der Waals surface area contributed by atoms with E-state index >= 15 is 0 Å². The van der Waals surface area contributed by atoms with Gasteiger partial charge in [0.05, 0.1) is 11.5 Å². The van der Waals surface area contributed by atoms with Gasteiger partial charge in [0.2, 0.25) is 10.0 Å². The summed E-state index contributed by atoms with van der Waals surface area (Å²) < 4.78 is 33.2. The summed E-state index contributed by atoms with van der Waals surface area (Å²) in [5.41, 5.74) is 0.0290. The molecule has 0 heterocycles. The summed E-state index contributed by atoms with van der Waals surface area (Å²) in [5.74, 6) is -0.387. The second kappa shape index (κ2) is 6.89. The van der Waals surface area contributed by atoms with E-state index in [2.05, 4.69) is 20.7 Å². The first-order valence-electron chi connectivity index (χ1n) is 6.47. The molecule has 0 spiro atoms. The van der Waals surface area contributed by atoms with Crippen molar-refractivity contribution in [1.29, 1.82) is 0 Å². The molecule has 5 nitrogen and oxygen atoms in total. The highest BCUT2D eigenvalue weighted by molar-refractivity contribution is 9.10. The minimum Gasteiger partial charge on any atom is -0.466 e. The molecule has 0 saturated carbocycles. The summed E-state index contributed by atoms with van der Waals surface area (Å²) in [7, 11) is -3.63.